The van der Waals surface area contributed by atoms with E-state index in [9.17, 15) is 22.4 Å². The third-order valence-electron chi connectivity index (χ3n) is 4.17. The molecular weight excluding hydrogens is 437 g/mol. The third kappa shape index (κ3) is 5.70. The normalized spacial score (nSPS) is 16.2. The second-order valence-corrected chi connectivity index (χ2v) is 8.50. The molecule has 1 fully saturated rings. The van der Waals surface area contributed by atoms with Crippen LogP contribution >= 0.6 is 11.3 Å². The molecule has 1 aliphatic rings. The molecule has 3 rings (SSSR count). The van der Waals surface area contributed by atoms with E-state index >= 15 is 0 Å². The number of hydrogen-bond acceptors (Lipinski definition) is 9. The number of thiol groups is 1. The van der Waals surface area contributed by atoms with E-state index in [2.05, 4.69) is 20.8 Å². The van der Waals surface area contributed by atoms with Crippen LogP contribution in [0.25, 0.3) is 10.6 Å². The predicted molar refractivity (Wildman–Crippen MR) is 108 cm³/mol. The van der Waals surface area contributed by atoms with Gasteiger partial charge in [0.05, 0.1) is 24.7 Å². The van der Waals surface area contributed by atoms with Gasteiger partial charge in [-0.05, 0) is 18.2 Å². The van der Waals surface area contributed by atoms with Crippen molar-refractivity contribution in [2.45, 2.75) is 19.4 Å². The van der Waals surface area contributed by atoms with Crippen LogP contribution < -0.4 is 15.5 Å². The molecule has 2 N–H and O–H groups in total. The van der Waals surface area contributed by atoms with Crippen LogP contribution in [0, 0.1) is 5.82 Å². The molecule has 1 aliphatic heterocycles. The van der Waals surface area contributed by atoms with Crippen LogP contribution in [0.15, 0.2) is 18.2 Å². The average molecular weight is 458 g/mol. The number of hydrogen-bond donors (Lipinski definition) is 3. The first-order chi connectivity index (χ1) is 14.3. The van der Waals surface area contributed by atoms with Crippen LogP contribution in [-0.4, -0.2) is 62.2 Å². The van der Waals surface area contributed by atoms with Crippen molar-refractivity contribution in [3.05, 3.63) is 29.0 Å². The first-order valence-electron chi connectivity index (χ1n) is 9.01. The van der Waals surface area contributed by atoms with Gasteiger partial charge < -0.3 is 15.4 Å². The predicted octanol–water partition coefficient (Wildman–Crippen LogP) is 0.506. The summed E-state index contributed by atoms with van der Waals surface area (Å²) in [6.07, 6.45) is -0.651. The summed E-state index contributed by atoms with van der Waals surface area (Å²) in [7, 11) is -2.48. The van der Waals surface area contributed by atoms with Gasteiger partial charge in [-0.25, -0.2) is 17.6 Å². The van der Waals surface area contributed by atoms with E-state index in [0.29, 0.717) is 28.7 Å². The number of cyclic esters (lactones) is 1. The van der Waals surface area contributed by atoms with Crippen LogP contribution in [0.4, 0.5) is 14.9 Å². The Bertz CT molecular complexity index is 1000. The van der Waals surface area contributed by atoms with Gasteiger partial charge in [0.2, 0.25) is 5.91 Å². The van der Waals surface area contributed by atoms with Crippen molar-refractivity contribution in [1.29, 1.82) is 0 Å². The number of rotatable bonds is 9. The molecule has 2 aromatic rings. The number of carbonyl (C=O) groups excluding carboxylic acids is 2. The van der Waals surface area contributed by atoms with Gasteiger partial charge in [-0.15, -0.1) is 10.2 Å². The summed E-state index contributed by atoms with van der Waals surface area (Å²) in [6, 6.07) is 4.34. The minimum absolute atomic E-state index is 0.109. The van der Waals surface area contributed by atoms with Gasteiger partial charge in [-0.2, -0.15) is 0 Å². The van der Waals surface area contributed by atoms with Gasteiger partial charge in [-0.3, -0.25) is 9.69 Å². The molecule has 162 valence electrons. The SMILES string of the molecule is CC(=O)NCC1CN(c2ccc(-c3nnc(CCNC[SH](=O)=O)s3)c(F)c2)C(=O)O1. The van der Waals surface area contributed by atoms with Crippen molar-refractivity contribution in [3.8, 4) is 10.6 Å². The number of nitrogens with zero attached hydrogens (tertiary/aromatic N) is 3. The highest BCUT2D eigenvalue weighted by atomic mass is 32.2. The molecule has 0 aliphatic carbocycles. The topological polar surface area (TPSA) is 131 Å². The van der Waals surface area contributed by atoms with E-state index in [1.807, 2.05) is 0 Å². The fourth-order valence-corrected chi connectivity index (χ4v) is 3.98. The molecule has 2 heterocycles. The maximum atomic E-state index is 14.7. The number of amides is 2. The Morgan fingerprint density at radius 2 is 2.20 bits per heavy atom. The van der Waals surface area contributed by atoms with Crippen LogP contribution in [0.5, 0.6) is 0 Å². The Labute approximate surface area is 177 Å². The van der Waals surface area contributed by atoms with Crippen molar-refractivity contribution in [1.82, 2.24) is 20.8 Å². The van der Waals surface area contributed by atoms with Gasteiger partial charge in [0.25, 0.3) is 0 Å². The molecule has 1 unspecified atom stereocenters. The van der Waals surface area contributed by atoms with E-state index in [4.69, 9.17) is 4.74 Å². The second kappa shape index (κ2) is 9.91. The quantitative estimate of drug-likeness (QED) is 0.367. The highest BCUT2D eigenvalue weighted by Crippen LogP contribution is 2.30. The number of benzene rings is 1. The molecule has 0 radical (unpaired) electrons. The lowest BCUT2D eigenvalue weighted by Gasteiger charge is -2.14. The van der Waals surface area contributed by atoms with Gasteiger partial charge in [0.1, 0.15) is 16.9 Å². The zero-order valence-corrected chi connectivity index (χ0v) is 17.7. The van der Waals surface area contributed by atoms with E-state index in [-0.39, 0.29) is 30.4 Å². The van der Waals surface area contributed by atoms with Crippen molar-refractivity contribution in [2.75, 3.05) is 30.4 Å². The monoisotopic (exact) mass is 457 g/mol. The molecule has 2 amide bonds. The number of anilines is 1. The number of ether oxygens (including phenoxy) is 1. The summed E-state index contributed by atoms with van der Waals surface area (Å²) in [5, 5.41) is 14.4. The van der Waals surface area contributed by atoms with Crippen LogP contribution in [0.3, 0.4) is 0 Å². The summed E-state index contributed by atoms with van der Waals surface area (Å²) < 4.78 is 40.9. The molecule has 1 saturated heterocycles. The first kappa shape index (κ1) is 22.1. The minimum atomic E-state index is -2.48. The fourth-order valence-electron chi connectivity index (χ4n) is 2.77. The Hall–Kier alpha value is -2.64. The van der Waals surface area contributed by atoms with Gasteiger partial charge in [0, 0.05) is 25.5 Å². The van der Waals surface area contributed by atoms with Crippen molar-refractivity contribution in [3.63, 3.8) is 0 Å². The Morgan fingerprint density at radius 1 is 1.40 bits per heavy atom. The summed E-state index contributed by atoms with van der Waals surface area (Å²) in [5.74, 6) is -0.899. The van der Waals surface area contributed by atoms with Crippen molar-refractivity contribution >= 4 is 39.7 Å². The molecule has 1 aromatic carbocycles. The Balaban J connectivity index is 1.64. The maximum Gasteiger partial charge on any atom is 0.414 e. The zero-order chi connectivity index (χ0) is 21.7. The smallest absolute Gasteiger partial charge is 0.414 e. The van der Waals surface area contributed by atoms with Gasteiger partial charge >= 0.3 is 6.09 Å². The van der Waals surface area contributed by atoms with Crippen molar-refractivity contribution in [2.24, 2.45) is 0 Å². The molecule has 1 atom stereocenters. The number of aromatic nitrogens is 2. The van der Waals surface area contributed by atoms with Crippen LogP contribution in [0.2, 0.25) is 0 Å². The Kier molecular flexibility index (Phi) is 7.29. The van der Waals surface area contributed by atoms with E-state index in [1.165, 1.54) is 35.3 Å². The molecular formula is C17H20FN5O5S2. The van der Waals surface area contributed by atoms with Gasteiger partial charge in [-0.1, -0.05) is 11.3 Å². The largest absolute Gasteiger partial charge is 0.442 e. The third-order valence-corrected chi connectivity index (χ3v) is 5.67. The molecule has 1 aromatic heterocycles. The molecule has 30 heavy (non-hydrogen) atoms. The molecule has 0 spiro atoms. The average Bonchev–Trinajstić information content (AvgIpc) is 3.30. The summed E-state index contributed by atoms with van der Waals surface area (Å²) >= 11 is 1.21. The number of nitrogens with one attached hydrogen (secondary N) is 2. The lowest BCUT2D eigenvalue weighted by molar-refractivity contribution is -0.119. The lowest BCUT2D eigenvalue weighted by Crippen LogP contribution is -2.33. The molecule has 0 saturated carbocycles. The maximum absolute atomic E-state index is 14.7. The number of halogens is 1. The Morgan fingerprint density at radius 3 is 2.90 bits per heavy atom. The second-order valence-electron chi connectivity index (χ2n) is 6.46. The van der Waals surface area contributed by atoms with Crippen molar-refractivity contribution < 1.29 is 27.1 Å². The highest BCUT2D eigenvalue weighted by Gasteiger charge is 2.32. The minimum Gasteiger partial charge on any atom is -0.442 e. The summed E-state index contributed by atoms with van der Waals surface area (Å²) in [6.45, 7) is 2.16. The van der Waals surface area contributed by atoms with Gasteiger partial charge in [0.15, 0.2) is 15.7 Å². The summed E-state index contributed by atoms with van der Waals surface area (Å²) in [4.78, 5) is 24.4. The van der Waals surface area contributed by atoms with Crippen LogP contribution in [-0.2, 0) is 26.7 Å². The van der Waals surface area contributed by atoms with E-state index in [0.717, 1.165) is 0 Å². The van der Waals surface area contributed by atoms with E-state index in [1.54, 1.807) is 6.07 Å². The zero-order valence-electron chi connectivity index (χ0n) is 16.0. The molecule has 13 heteroatoms. The lowest BCUT2D eigenvalue weighted by atomic mass is 10.2. The van der Waals surface area contributed by atoms with Crippen LogP contribution in [0.1, 0.15) is 11.9 Å². The molecule has 10 nitrogen and oxygen atoms in total. The standard InChI is InChI=1S/C17H20FN5O5S2/c1-10(24)20-7-12-8-23(17(25)28-12)11-2-3-13(14(18)6-11)16-22-21-15(29-16)4-5-19-9-30(26)27/h2-3,6,12,19,30H,4-5,7-9H2,1H3,(H,20,24). The highest BCUT2D eigenvalue weighted by molar-refractivity contribution is 7.72. The molecule has 0 bridgehead atoms. The first-order valence-corrected chi connectivity index (χ1v) is 11.2. The fraction of sp³-hybridized carbons (Fsp3) is 0.412. The van der Waals surface area contributed by atoms with E-state index < -0.39 is 28.7 Å². The summed E-state index contributed by atoms with van der Waals surface area (Å²) in [5.41, 5.74) is 0.590. The number of carbonyl (C=O) groups is 2.